The topological polar surface area (TPSA) is 110 Å². The van der Waals surface area contributed by atoms with Gasteiger partial charge in [-0.1, -0.05) is 55.8 Å². The lowest BCUT2D eigenvalue weighted by molar-refractivity contribution is -0.139. The molecule has 3 N–H and O–H groups in total. The molecule has 1 aliphatic rings. The Morgan fingerprint density at radius 3 is 2.29 bits per heavy atom. The zero-order chi connectivity index (χ0) is 29.8. The number of phenols is 1. The van der Waals surface area contributed by atoms with Gasteiger partial charge in [0.1, 0.15) is 18.0 Å². The maximum atomic E-state index is 13.7. The minimum atomic E-state index is -1.18. The number of carboxylic acids is 1. The molecule has 4 rings (SSSR count). The summed E-state index contributed by atoms with van der Waals surface area (Å²) in [6.45, 7) is 4.17. The Hall–Kier alpha value is -3.53. The van der Waals surface area contributed by atoms with Crippen LogP contribution < -0.4 is 10.2 Å². The molecule has 3 atom stereocenters. The van der Waals surface area contributed by atoms with Gasteiger partial charge in [-0.3, -0.25) is 19.4 Å². The van der Waals surface area contributed by atoms with E-state index in [1.54, 1.807) is 59.5 Å². The van der Waals surface area contributed by atoms with Crippen molar-refractivity contribution in [2.24, 2.45) is 5.92 Å². The summed E-state index contributed by atoms with van der Waals surface area (Å²) in [5, 5.41) is 22.5. The average Bonchev–Trinajstić information content (AvgIpc) is 3.17. The minimum absolute atomic E-state index is 0.0213. The van der Waals surface area contributed by atoms with Crippen LogP contribution in [0.25, 0.3) is 0 Å². The summed E-state index contributed by atoms with van der Waals surface area (Å²) in [6.07, 6.45) is 2.19. The third-order valence-corrected chi connectivity index (χ3v) is 8.31. The van der Waals surface area contributed by atoms with Crippen molar-refractivity contribution in [2.45, 2.75) is 49.8 Å². The van der Waals surface area contributed by atoms with Crippen molar-refractivity contribution < 1.29 is 24.6 Å². The van der Waals surface area contributed by atoms with Gasteiger partial charge in [0.05, 0.1) is 16.6 Å². The van der Waals surface area contributed by atoms with Crippen LogP contribution in [-0.4, -0.2) is 58.3 Å². The molecule has 216 valence electrons. The molecule has 1 aliphatic heterocycles. The first-order valence-electron chi connectivity index (χ1n) is 13.3. The van der Waals surface area contributed by atoms with Crippen molar-refractivity contribution in [2.75, 3.05) is 18.2 Å². The molecular weight excluding hydrogens is 562 g/mol. The number of nitrogens with one attached hydrogen (secondary N) is 1. The summed E-state index contributed by atoms with van der Waals surface area (Å²) < 4.78 is 0. The molecule has 3 aromatic rings. The van der Waals surface area contributed by atoms with Crippen LogP contribution in [0, 0.1) is 5.92 Å². The van der Waals surface area contributed by atoms with Gasteiger partial charge in [0.2, 0.25) is 5.91 Å². The van der Waals surface area contributed by atoms with E-state index in [4.69, 9.17) is 11.6 Å². The van der Waals surface area contributed by atoms with E-state index < -0.39 is 17.9 Å². The van der Waals surface area contributed by atoms with Gasteiger partial charge < -0.3 is 15.5 Å². The quantitative estimate of drug-likeness (QED) is 0.262. The van der Waals surface area contributed by atoms with Crippen LogP contribution in [-0.2, 0) is 16.0 Å². The second-order valence-corrected chi connectivity index (χ2v) is 11.8. The molecule has 0 bridgehead atoms. The van der Waals surface area contributed by atoms with Crippen LogP contribution in [0.15, 0.2) is 71.6 Å². The molecule has 1 saturated heterocycles. The second kappa shape index (κ2) is 13.0. The van der Waals surface area contributed by atoms with Crippen LogP contribution in [0.3, 0.4) is 0 Å². The van der Waals surface area contributed by atoms with Crippen LogP contribution in [0.2, 0.25) is 5.02 Å². The third-order valence-electron chi connectivity index (χ3n) is 7.21. The predicted molar refractivity (Wildman–Crippen MR) is 162 cm³/mol. The SMILES string of the molecule is CSc1cccc(Cl)c1C(=O)NC(Cc1ccc(N2C(=O)C(CC(C)C)N(C)C2c2ccc(O)cc2)cc1)C(=O)O. The molecule has 2 amide bonds. The Morgan fingerprint density at radius 2 is 1.71 bits per heavy atom. The molecule has 1 fully saturated rings. The monoisotopic (exact) mass is 595 g/mol. The van der Waals surface area contributed by atoms with Crippen molar-refractivity contribution in [1.82, 2.24) is 10.2 Å². The van der Waals surface area contributed by atoms with E-state index in [1.165, 1.54) is 11.8 Å². The van der Waals surface area contributed by atoms with Crippen LogP contribution in [0.5, 0.6) is 5.75 Å². The molecule has 41 heavy (non-hydrogen) atoms. The minimum Gasteiger partial charge on any atom is -0.508 e. The number of aromatic hydroxyl groups is 1. The number of halogens is 1. The Kier molecular flexibility index (Phi) is 9.63. The van der Waals surface area contributed by atoms with Gasteiger partial charge in [-0.05, 0) is 73.2 Å². The van der Waals surface area contributed by atoms with Gasteiger partial charge in [0.15, 0.2) is 0 Å². The molecule has 0 saturated carbocycles. The van der Waals surface area contributed by atoms with Gasteiger partial charge >= 0.3 is 5.97 Å². The fourth-order valence-electron chi connectivity index (χ4n) is 5.17. The van der Waals surface area contributed by atoms with E-state index in [0.29, 0.717) is 28.5 Å². The van der Waals surface area contributed by atoms with Gasteiger partial charge in [-0.15, -0.1) is 11.8 Å². The first-order chi connectivity index (χ1) is 19.5. The maximum absolute atomic E-state index is 13.7. The van der Waals surface area contributed by atoms with Gasteiger partial charge in [-0.25, -0.2) is 4.79 Å². The average molecular weight is 596 g/mol. The standard InChI is InChI=1S/C31H34ClN3O5S/c1-18(2)16-25-30(38)35(29(34(25)3)20-10-14-22(36)15-11-20)21-12-8-19(9-13-21)17-24(31(39)40)33-28(37)27-23(32)6-5-7-26(27)41-4/h5-15,18,24-25,29,36H,16-17H2,1-4H3,(H,33,37)(H,39,40). The van der Waals surface area contributed by atoms with Crippen molar-refractivity contribution in [1.29, 1.82) is 0 Å². The third kappa shape index (κ3) is 6.69. The molecule has 0 aromatic heterocycles. The van der Waals surface area contributed by atoms with Crippen LogP contribution in [0.1, 0.15) is 47.9 Å². The highest BCUT2D eigenvalue weighted by atomic mass is 35.5. The van der Waals surface area contributed by atoms with E-state index in [-0.39, 0.29) is 40.9 Å². The fraction of sp³-hybridized carbons (Fsp3) is 0.323. The Balaban J connectivity index is 1.58. The molecule has 3 aromatic carbocycles. The molecule has 0 aliphatic carbocycles. The van der Waals surface area contributed by atoms with Crippen molar-refractivity contribution >= 4 is 46.8 Å². The van der Waals surface area contributed by atoms with Crippen molar-refractivity contribution in [3.05, 3.63) is 88.4 Å². The first kappa shape index (κ1) is 30.4. The van der Waals surface area contributed by atoms with E-state index >= 15 is 0 Å². The Bertz CT molecular complexity index is 1410. The lowest BCUT2D eigenvalue weighted by atomic mass is 10.0. The summed E-state index contributed by atoms with van der Waals surface area (Å²) in [7, 11) is 1.93. The number of carbonyl (C=O) groups is 3. The normalized spacial score (nSPS) is 18.1. The molecular formula is C31H34ClN3O5S. The summed E-state index contributed by atoms with van der Waals surface area (Å²) in [5.74, 6) is -1.28. The summed E-state index contributed by atoms with van der Waals surface area (Å²) in [5.41, 5.74) is 2.47. The van der Waals surface area contributed by atoms with Gasteiger partial charge in [0.25, 0.3) is 5.91 Å². The highest BCUT2D eigenvalue weighted by molar-refractivity contribution is 7.98. The van der Waals surface area contributed by atoms with Crippen LogP contribution >= 0.6 is 23.4 Å². The predicted octanol–water partition coefficient (Wildman–Crippen LogP) is 5.59. The number of aliphatic carboxylic acids is 1. The number of carboxylic acid groups (broad SMARTS) is 1. The number of carbonyl (C=O) groups excluding carboxylic acids is 2. The highest BCUT2D eigenvalue weighted by Gasteiger charge is 2.45. The molecule has 0 radical (unpaired) electrons. The number of hydrogen-bond acceptors (Lipinski definition) is 6. The molecule has 0 spiro atoms. The number of nitrogens with zero attached hydrogens (tertiary/aromatic N) is 2. The summed E-state index contributed by atoms with van der Waals surface area (Å²) >= 11 is 7.61. The molecule has 10 heteroatoms. The second-order valence-electron chi connectivity index (χ2n) is 10.5. The lowest BCUT2D eigenvalue weighted by Crippen LogP contribution is -2.42. The molecule has 3 unspecified atom stereocenters. The number of likely N-dealkylation sites (N-methyl/N-ethyl adjacent to an activating group) is 1. The number of amides is 2. The van der Waals surface area contributed by atoms with Gasteiger partial charge in [-0.2, -0.15) is 0 Å². The van der Waals surface area contributed by atoms with E-state index in [0.717, 1.165) is 5.56 Å². The number of hydrogen-bond donors (Lipinski definition) is 3. The number of phenolic OH excluding ortho intramolecular Hbond substituents is 1. The number of thioether (sulfide) groups is 1. The van der Waals surface area contributed by atoms with Crippen LogP contribution in [0.4, 0.5) is 5.69 Å². The lowest BCUT2D eigenvalue weighted by Gasteiger charge is -2.29. The maximum Gasteiger partial charge on any atom is 0.326 e. The largest absolute Gasteiger partial charge is 0.508 e. The Labute approximate surface area is 249 Å². The van der Waals surface area contributed by atoms with Crippen molar-refractivity contribution in [3.63, 3.8) is 0 Å². The molecule has 8 nitrogen and oxygen atoms in total. The van der Waals surface area contributed by atoms with Gasteiger partial charge in [0, 0.05) is 17.0 Å². The highest BCUT2D eigenvalue weighted by Crippen LogP contribution is 2.39. The first-order valence-corrected chi connectivity index (χ1v) is 14.9. The zero-order valence-electron chi connectivity index (χ0n) is 23.4. The fourth-order valence-corrected chi connectivity index (χ4v) is 6.11. The van der Waals surface area contributed by atoms with E-state index in [1.807, 2.05) is 25.4 Å². The zero-order valence-corrected chi connectivity index (χ0v) is 24.9. The number of benzene rings is 3. The Morgan fingerprint density at radius 1 is 1.05 bits per heavy atom. The smallest absolute Gasteiger partial charge is 0.326 e. The van der Waals surface area contributed by atoms with Crippen molar-refractivity contribution in [3.8, 4) is 5.75 Å². The number of rotatable bonds is 10. The summed E-state index contributed by atoms with van der Waals surface area (Å²) in [6, 6.07) is 17.6. The molecule has 1 heterocycles. The number of anilines is 1. The van der Waals surface area contributed by atoms with E-state index in [9.17, 15) is 24.6 Å². The van der Waals surface area contributed by atoms with E-state index in [2.05, 4.69) is 24.1 Å². The summed E-state index contributed by atoms with van der Waals surface area (Å²) in [4.78, 5) is 43.2.